The predicted molar refractivity (Wildman–Crippen MR) is 60.5 cm³/mol. The molecule has 96 valence electrons. The second-order valence-corrected chi connectivity index (χ2v) is 4.74. The summed E-state index contributed by atoms with van der Waals surface area (Å²) in [6.45, 7) is 3.18. The van der Waals surface area contributed by atoms with E-state index in [1.54, 1.807) is 0 Å². The van der Waals surface area contributed by atoms with Gasteiger partial charge in [-0.15, -0.1) is 0 Å². The molecular weight excluding hydrogens is 222 g/mol. The molecule has 0 spiro atoms. The number of carboxylic acids is 1. The number of likely N-dealkylation sites (tertiary alicyclic amines) is 1. The van der Waals surface area contributed by atoms with E-state index in [2.05, 4.69) is 0 Å². The van der Waals surface area contributed by atoms with Crippen molar-refractivity contribution in [2.75, 3.05) is 13.2 Å². The van der Waals surface area contributed by atoms with Gasteiger partial charge in [0.1, 0.15) is 6.04 Å². The highest BCUT2D eigenvalue weighted by atomic mass is 16.5. The van der Waals surface area contributed by atoms with Crippen molar-refractivity contribution >= 4 is 11.9 Å². The Kier molecular flexibility index (Phi) is 3.66. The van der Waals surface area contributed by atoms with Gasteiger partial charge in [0.25, 0.3) is 0 Å². The Morgan fingerprint density at radius 1 is 1.41 bits per heavy atom. The highest BCUT2D eigenvalue weighted by Crippen LogP contribution is 2.28. The minimum absolute atomic E-state index is 0.0285. The van der Waals surface area contributed by atoms with E-state index < -0.39 is 12.0 Å². The second-order valence-electron chi connectivity index (χ2n) is 4.74. The molecule has 5 heteroatoms. The van der Waals surface area contributed by atoms with Gasteiger partial charge in [-0.2, -0.15) is 0 Å². The maximum Gasteiger partial charge on any atom is 0.326 e. The van der Waals surface area contributed by atoms with E-state index >= 15 is 0 Å². The Morgan fingerprint density at radius 2 is 2.18 bits per heavy atom. The normalized spacial score (nSPS) is 33.0. The zero-order valence-electron chi connectivity index (χ0n) is 10.1. The highest BCUT2D eigenvalue weighted by molar-refractivity contribution is 5.86. The van der Waals surface area contributed by atoms with E-state index in [-0.39, 0.29) is 17.9 Å². The molecule has 5 nitrogen and oxygen atoms in total. The highest BCUT2D eigenvalue weighted by Gasteiger charge is 2.41. The molecular formula is C12H19NO4. The van der Waals surface area contributed by atoms with Crippen LogP contribution in [0.1, 0.15) is 32.6 Å². The standard InChI is InChI=1S/C12H19NO4/c1-2-10-8(5-7-17-10)11(14)13-6-3-4-9(13)12(15)16/h8-10H,2-7H2,1H3,(H,15,16)/t8?,9-,10?/m1/s1. The lowest BCUT2D eigenvalue weighted by Crippen LogP contribution is -2.45. The van der Waals surface area contributed by atoms with Crippen LogP contribution >= 0.6 is 0 Å². The van der Waals surface area contributed by atoms with Crippen LogP contribution in [0.2, 0.25) is 0 Å². The lowest BCUT2D eigenvalue weighted by molar-refractivity contribution is -0.150. The number of hydrogen-bond acceptors (Lipinski definition) is 3. The average Bonchev–Trinajstić information content (AvgIpc) is 2.96. The van der Waals surface area contributed by atoms with Crippen LogP contribution in [0.25, 0.3) is 0 Å². The summed E-state index contributed by atoms with van der Waals surface area (Å²) in [7, 11) is 0. The van der Waals surface area contributed by atoms with Crippen molar-refractivity contribution in [3.8, 4) is 0 Å². The van der Waals surface area contributed by atoms with Gasteiger partial charge < -0.3 is 14.7 Å². The van der Waals surface area contributed by atoms with Crippen molar-refractivity contribution in [1.29, 1.82) is 0 Å². The number of aliphatic carboxylic acids is 1. The van der Waals surface area contributed by atoms with Crippen LogP contribution in [0.4, 0.5) is 0 Å². The summed E-state index contributed by atoms with van der Waals surface area (Å²) >= 11 is 0. The fourth-order valence-corrected chi connectivity index (χ4v) is 2.83. The lowest BCUT2D eigenvalue weighted by atomic mass is 9.97. The molecule has 0 aromatic heterocycles. The minimum Gasteiger partial charge on any atom is -0.480 e. The first-order valence-corrected chi connectivity index (χ1v) is 6.30. The molecule has 17 heavy (non-hydrogen) atoms. The van der Waals surface area contributed by atoms with E-state index in [1.807, 2.05) is 6.92 Å². The van der Waals surface area contributed by atoms with E-state index in [9.17, 15) is 9.59 Å². The van der Waals surface area contributed by atoms with Gasteiger partial charge in [0.15, 0.2) is 0 Å². The topological polar surface area (TPSA) is 66.8 Å². The van der Waals surface area contributed by atoms with E-state index in [0.29, 0.717) is 19.6 Å². The minimum atomic E-state index is -0.886. The Bertz CT molecular complexity index is 318. The fourth-order valence-electron chi connectivity index (χ4n) is 2.83. The predicted octanol–water partition coefficient (Wildman–Crippen LogP) is 0.877. The van der Waals surface area contributed by atoms with Crippen LogP contribution in [-0.2, 0) is 14.3 Å². The first kappa shape index (κ1) is 12.4. The van der Waals surface area contributed by atoms with Gasteiger partial charge >= 0.3 is 5.97 Å². The summed E-state index contributed by atoms with van der Waals surface area (Å²) in [5.74, 6) is -1.05. The number of amides is 1. The molecule has 1 N–H and O–H groups in total. The third-order valence-electron chi connectivity index (χ3n) is 3.75. The Morgan fingerprint density at radius 3 is 2.82 bits per heavy atom. The number of hydrogen-bond donors (Lipinski definition) is 1. The molecule has 2 unspecified atom stereocenters. The maximum atomic E-state index is 12.3. The third kappa shape index (κ3) is 2.29. The molecule has 2 heterocycles. The van der Waals surface area contributed by atoms with Crippen molar-refractivity contribution < 1.29 is 19.4 Å². The number of rotatable bonds is 3. The summed E-state index contributed by atoms with van der Waals surface area (Å²) in [6, 6.07) is -0.624. The molecule has 2 saturated heterocycles. The van der Waals surface area contributed by atoms with Gasteiger partial charge in [-0.1, -0.05) is 6.92 Å². The molecule has 0 aromatic carbocycles. The number of ether oxygens (including phenoxy) is 1. The molecule has 0 radical (unpaired) electrons. The molecule has 0 aliphatic carbocycles. The molecule has 0 bridgehead atoms. The zero-order chi connectivity index (χ0) is 12.4. The number of carboxylic acid groups (broad SMARTS) is 1. The summed E-state index contributed by atoms with van der Waals surface area (Å²) in [4.78, 5) is 24.9. The fraction of sp³-hybridized carbons (Fsp3) is 0.833. The summed E-state index contributed by atoms with van der Waals surface area (Å²) in [6.07, 6.45) is 2.86. The molecule has 3 atom stereocenters. The maximum absolute atomic E-state index is 12.3. The van der Waals surface area contributed by atoms with Gasteiger partial charge in [-0.25, -0.2) is 4.79 Å². The Labute approximate surface area is 101 Å². The van der Waals surface area contributed by atoms with Crippen molar-refractivity contribution in [3.05, 3.63) is 0 Å². The van der Waals surface area contributed by atoms with Gasteiger partial charge in [-0.3, -0.25) is 4.79 Å². The monoisotopic (exact) mass is 241 g/mol. The largest absolute Gasteiger partial charge is 0.480 e. The zero-order valence-corrected chi connectivity index (χ0v) is 10.1. The number of carbonyl (C=O) groups is 2. The van der Waals surface area contributed by atoms with Crippen molar-refractivity contribution in [1.82, 2.24) is 4.90 Å². The van der Waals surface area contributed by atoms with Crippen LogP contribution in [0, 0.1) is 5.92 Å². The van der Waals surface area contributed by atoms with Crippen LogP contribution in [0.15, 0.2) is 0 Å². The molecule has 2 aliphatic rings. The second kappa shape index (κ2) is 5.04. The third-order valence-corrected chi connectivity index (χ3v) is 3.75. The van der Waals surface area contributed by atoms with Crippen LogP contribution in [0.3, 0.4) is 0 Å². The van der Waals surface area contributed by atoms with Crippen LogP contribution in [-0.4, -0.2) is 47.2 Å². The summed E-state index contributed by atoms with van der Waals surface area (Å²) in [5.41, 5.74) is 0. The quantitative estimate of drug-likeness (QED) is 0.796. The Balaban J connectivity index is 2.06. The van der Waals surface area contributed by atoms with Gasteiger partial charge in [-0.05, 0) is 25.7 Å². The van der Waals surface area contributed by atoms with Crippen molar-refractivity contribution in [2.24, 2.45) is 5.92 Å². The van der Waals surface area contributed by atoms with Gasteiger partial charge in [0.05, 0.1) is 12.0 Å². The average molecular weight is 241 g/mol. The van der Waals surface area contributed by atoms with Crippen LogP contribution < -0.4 is 0 Å². The van der Waals surface area contributed by atoms with E-state index in [1.165, 1.54) is 4.90 Å². The summed E-state index contributed by atoms with van der Waals surface area (Å²) in [5, 5.41) is 9.07. The first-order chi connectivity index (χ1) is 8.15. The molecule has 0 saturated carbocycles. The number of nitrogens with zero attached hydrogens (tertiary/aromatic N) is 1. The molecule has 2 rings (SSSR count). The smallest absolute Gasteiger partial charge is 0.326 e. The van der Waals surface area contributed by atoms with E-state index in [4.69, 9.17) is 9.84 Å². The van der Waals surface area contributed by atoms with Crippen molar-refractivity contribution in [3.63, 3.8) is 0 Å². The molecule has 2 aliphatic heterocycles. The van der Waals surface area contributed by atoms with Crippen molar-refractivity contribution in [2.45, 2.75) is 44.8 Å². The molecule has 2 fully saturated rings. The van der Waals surface area contributed by atoms with Gasteiger partial charge in [0, 0.05) is 13.2 Å². The summed E-state index contributed by atoms with van der Waals surface area (Å²) < 4.78 is 5.50. The lowest BCUT2D eigenvalue weighted by Gasteiger charge is -2.26. The van der Waals surface area contributed by atoms with Gasteiger partial charge in [0.2, 0.25) is 5.91 Å². The van der Waals surface area contributed by atoms with Crippen LogP contribution in [0.5, 0.6) is 0 Å². The number of carbonyl (C=O) groups excluding carboxylic acids is 1. The Hall–Kier alpha value is -1.10. The SMILES string of the molecule is CCC1OCCC1C(=O)N1CCC[C@@H]1C(=O)O. The molecule has 0 aromatic rings. The first-order valence-electron chi connectivity index (χ1n) is 6.30. The molecule has 1 amide bonds. The van der Waals surface area contributed by atoms with E-state index in [0.717, 1.165) is 19.3 Å².